The van der Waals surface area contributed by atoms with Crippen LogP contribution in [0.4, 0.5) is 0 Å². The first-order valence-electron chi connectivity index (χ1n) is 14.2. The quantitative estimate of drug-likeness (QED) is 0.191. The number of likely N-dealkylation sites (N-methyl/N-ethyl adjacent to an activating group) is 1. The second-order valence-corrected chi connectivity index (χ2v) is 11.6. The van der Waals surface area contributed by atoms with Crippen LogP contribution < -0.4 is 11.1 Å². The normalized spacial score (nSPS) is 18.0. The van der Waals surface area contributed by atoms with Gasteiger partial charge in [0.25, 0.3) is 5.91 Å². The van der Waals surface area contributed by atoms with Crippen LogP contribution >= 0.6 is 0 Å². The lowest BCUT2D eigenvalue weighted by molar-refractivity contribution is 0.0903. The zero-order valence-corrected chi connectivity index (χ0v) is 24.3. The van der Waals surface area contributed by atoms with Crippen LogP contribution in [0.25, 0.3) is 0 Å². The Morgan fingerprint density at radius 2 is 1.71 bits per heavy atom. The van der Waals surface area contributed by atoms with E-state index in [0.29, 0.717) is 24.0 Å². The number of carbonyl (C=O) groups excluding carboxylic acids is 1. The predicted octanol–water partition coefficient (Wildman–Crippen LogP) is 4.87. The van der Waals surface area contributed by atoms with Crippen molar-refractivity contribution in [1.29, 1.82) is 5.41 Å². The summed E-state index contributed by atoms with van der Waals surface area (Å²) in [4.78, 5) is 15.7. The zero-order valence-electron chi connectivity index (χ0n) is 24.3. The molecular formula is C35H42N4O2. The van der Waals surface area contributed by atoms with E-state index < -0.39 is 0 Å². The Bertz CT molecular complexity index is 1400. The number of carbonyl (C=O) groups is 1. The average Bonchev–Trinajstić information content (AvgIpc) is 2.96. The van der Waals surface area contributed by atoms with Gasteiger partial charge in [0.2, 0.25) is 0 Å². The molecule has 0 saturated carbocycles. The molecular weight excluding hydrogens is 508 g/mol. The van der Waals surface area contributed by atoms with Crippen LogP contribution in [0.15, 0.2) is 103 Å². The van der Waals surface area contributed by atoms with Crippen LogP contribution in [0.2, 0.25) is 0 Å². The number of allylic oxidation sites excluding steroid dienone is 2. The highest BCUT2D eigenvalue weighted by Gasteiger charge is 2.27. The molecule has 5 N–H and O–H groups in total. The first-order valence-corrected chi connectivity index (χ1v) is 14.2. The molecule has 3 unspecified atom stereocenters. The average molecular weight is 551 g/mol. The molecule has 3 aromatic rings. The van der Waals surface area contributed by atoms with Crippen molar-refractivity contribution >= 4 is 11.7 Å². The van der Waals surface area contributed by atoms with E-state index in [0.717, 1.165) is 24.1 Å². The first-order chi connectivity index (χ1) is 19.7. The van der Waals surface area contributed by atoms with Gasteiger partial charge in [0.15, 0.2) is 0 Å². The van der Waals surface area contributed by atoms with E-state index in [-0.39, 0.29) is 35.7 Å². The number of amides is 1. The maximum atomic E-state index is 13.5. The van der Waals surface area contributed by atoms with Crippen LogP contribution in [0.1, 0.15) is 46.0 Å². The minimum atomic E-state index is -0.298. The first kappa shape index (κ1) is 30.0. The fraction of sp³-hybridized carbons (Fsp3) is 0.314. The van der Waals surface area contributed by atoms with Crippen LogP contribution in [-0.4, -0.2) is 55.0 Å². The number of rotatable bonds is 12. The van der Waals surface area contributed by atoms with E-state index in [2.05, 4.69) is 61.6 Å². The summed E-state index contributed by atoms with van der Waals surface area (Å²) in [5.41, 5.74) is 11.3. The molecule has 0 spiro atoms. The fourth-order valence-electron chi connectivity index (χ4n) is 5.60. The van der Waals surface area contributed by atoms with Crippen LogP contribution in [0, 0.1) is 11.3 Å². The number of nitrogens with two attached hydrogens (primary N) is 1. The number of aliphatic hydroxyl groups is 1. The number of nitrogens with zero attached hydrogens (tertiary/aromatic N) is 1. The van der Waals surface area contributed by atoms with Crippen molar-refractivity contribution in [3.63, 3.8) is 0 Å². The number of hydrogen-bond acceptors (Lipinski definition) is 4. The minimum absolute atomic E-state index is 0.00695. The maximum Gasteiger partial charge on any atom is 0.251 e. The Labute approximate surface area is 244 Å². The maximum absolute atomic E-state index is 13.5. The van der Waals surface area contributed by atoms with E-state index in [9.17, 15) is 9.90 Å². The van der Waals surface area contributed by atoms with Gasteiger partial charge in [0, 0.05) is 41.7 Å². The third kappa shape index (κ3) is 8.03. The smallest absolute Gasteiger partial charge is 0.251 e. The minimum Gasteiger partial charge on any atom is -0.396 e. The molecule has 41 heavy (non-hydrogen) atoms. The number of aliphatic hydroxyl groups excluding tert-OH is 1. The Morgan fingerprint density at radius 1 is 1.00 bits per heavy atom. The summed E-state index contributed by atoms with van der Waals surface area (Å²) in [6.07, 6.45) is 8.82. The van der Waals surface area contributed by atoms with Gasteiger partial charge in [-0.1, -0.05) is 85.8 Å². The summed E-state index contributed by atoms with van der Waals surface area (Å²) >= 11 is 0. The van der Waals surface area contributed by atoms with Crippen molar-refractivity contribution in [3.05, 3.63) is 130 Å². The lowest BCUT2D eigenvalue weighted by Crippen LogP contribution is -2.44. The summed E-state index contributed by atoms with van der Waals surface area (Å²) < 4.78 is 0. The van der Waals surface area contributed by atoms with Crippen LogP contribution in [0.3, 0.4) is 0 Å². The van der Waals surface area contributed by atoms with Gasteiger partial charge in [-0.05, 0) is 73.8 Å². The molecule has 6 heteroatoms. The number of nitrogen functional groups attached to an aromatic ring is 1. The molecule has 4 rings (SSSR count). The molecule has 0 bridgehead atoms. The molecule has 0 radical (unpaired) electrons. The summed E-state index contributed by atoms with van der Waals surface area (Å²) in [6.45, 7) is 3.04. The Morgan fingerprint density at radius 3 is 2.37 bits per heavy atom. The van der Waals surface area contributed by atoms with E-state index in [1.807, 2.05) is 60.7 Å². The molecule has 1 aliphatic carbocycles. The monoisotopic (exact) mass is 550 g/mol. The van der Waals surface area contributed by atoms with Gasteiger partial charge >= 0.3 is 0 Å². The number of hydrogen-bond donors (Lipinski definition) is 4. The van der Waals surface area contributed by atoms with Crippen LogP contribution in [0.5, 0.6) is 0 Å². The van der Waals surface area contributed by atoms with Gasteiger partial charge < -0.3 is 21.1 Å². The number of benzene rings is 3. The van der Waals surface area contributed by atoms with Gasteiger partial charge in [-0.15, -0.1) is 0 Å². The van der Waals surface area contributed by atoms with Gasteiger partial charge in [0.05, 0.1) is 0 Å². The highest BCUT2D eigenvalue weighted by Crippen LogP contribution is 2.34. The summed E-state index contributed by atoms with van der Waals surface area (Å²) in [7, 11) is 4.15. The number of amidine groups is 1. The molecule has 1 amide bonds. The van der Waals surface area contributed by atoms with Gasteiger partial charge in [-0.25, -0.2) is 0 Å². The second kappa shape index (κ2) is 13.6. The highest BCUT2D eigenvalue weighted by atomic mass is 16.3. The van der Waals surface area contributed by atoms with E-state index in [1.165, 1.54) is 11.1 Å². The lowest BCUT2D eigenvalue weighted by atomic mass is 9.75. The lowest BCUT2D eigenvalue weighted by Gasteiger charge is -2.30. The predicted molar refractivity (Wildman–Crippen MR) is 167 cm³/mol. The second-order valence-electron chi connectivity index (χ2n) is 11.6. The summed E-state index contributed by atoms with van der Waals surface area (Å²) in [5.74, 6) is -0.382. The molecule has 0 fully saturated rings. The molecule has 214 valence electrons. The van der Waals surface area contributed by atoms with E-state index in [1.54, 1.807) is 6.07 Å². The molecule has 0 saturated heterocycles. The Balaban J connectivity index is 1.54. The molecule has 3 aromatic carbocycles. The van der Waals surface area contributed by atoms with Crippen molar-refractivity contribution in [2.75, 3.05) is 27.2 Å². The molecule has 0 heterocycles. The highest BCUT2D eigenvalue weighted by molar-refractivity contribution is 5.95. The standard InChI is InChI=1S/C35H42N4O2/c1-35(18-8-12-27(22-35)23-39(2)3)31-16-14-28(15-17-31)34(41)38-32(21-25-9-5-4-6-10-25)30(24-40)20-26-11-7-13-29(19-26)33(36)37/h4-17,19,22,30,32,40H,18,20-21,23-24H2,1-3H3,(H3,36,37)(H,38,41). The third-order valence-electron chi connectivity index (χ3n) is 7.84. The van der Waals surface area contributed by atoms with Crippen molar-refractivity contribution in [2.24, 2.45) is 11.7 Å². The van der Waals surface area contributed by atoms with E-state index >= 15 is 0 Å². The Kier molecular flexibility index (Phi) is 9.92. The number of nitrogens with one attached hydrogen (secondary N) is 2. The third-order valence-corrected chi connectivity index (χ3v) is 7.84. The van der Waals surface area contributed by atoms with Crippen molar-refractivity contribution in [3.8, 4) is 0 Å². The molecule has 0 aromatic heterocycles. The van der Waals surface area contributed by atoms with Crippen LogP contribution in [-0.2, 0) is 18.3 Å². The molecule has 1 aliphatic rings. The fourth-order valence-corrected chi connectivity index (χ4v) is 5.60. The molecule has 3 atom stereocenters. The summed E-state index contributed by atoms with van der Waals surface area (Å²) in [5, 5.41) is 21.5. The molecule has 0 aliphatic heterocycles. The van der Waals surface area contributed by atoms with Crippen molar-refractivity contribution < 1.29 is 9.90 Å². The van der Waals surface area contributed by atoms with Gasteiger partial charge in [0.1, 0.15) is 5.84 Å². The largest absolute Gasteiger partial charge is 0.396 e. The summed E-state index contributed by atoms with van der Waals surface area (Å²) in [6, 6.07) is 25.1. The van der Waals surface area contributed by atoms with E-state index in [4.69, 9.17) is 11.1 Å². The van der Waals surface area contributed by atoms with Crippen molar-refractivity contribution in [1.82, 2.24) is 10.2 Å². The molecule has 6 nitrogen and oxygen atoms in total. The topological polar surface area (TPSA) is 102 Å². The zero-order chi connectivity index (χ0) is 29.4. The van der Waals surface area contributed by atoms with Crippen molar-refractivity contribution in [2.45, 2.75) is 37.6 Å². The Hall–Kier alpha value is -4.00. The SMILES string of the molecule is CN(C)CC1=CC(C)(c2ccc(C(=O)NC(Cc3ccccc3)C(CO)Cc3cccc(C(=N)N)c3)cc2)CC=C1. The van der Waals surface area contributed by atoms with Gasteiger partial charge in [-0.3, -0.25) is 10.2 Å². The van der Waals surface area contributed by atoms with Gasteiger partial charge in [-0.2, -0.15) is 0 Å².